The van der Waals surface area contributed by atoms with Gasteiger partial charge in [-0.1, -0.05) is 13.8 Å². The zero-order chi connectivity index (χ0) is 27.9. The SMILES string of the molecule is CC(C)C(=O)OCC1OC(c2ccc3oc4cc(O)c(O)cc4c(=O)c3c2O)CC[C@@H]1OC(=O)C(C)(C)C. The third-order valence-electron chi connectivity index (χ3n) is 6.49. The van der Waals surface area contributed by atoms with E-state index in [0.29, 0.717) is 18.4 Å². The number of fused-ring (bicyclic) bond motifs is 2. The fraction of sp³-hybridized carbons (Fsp3) is 0.464. The van der Waals surface area contributed by atoms with E-state index in [2.05, 4.69) is 0 Å². The second kappa shape index (κ2) is 10.2. The number of aromatic hydroxyl groups is 3. The van der Waals surface area contributed by atoms with Crippen LogP contribution in [0.5, 0.6) is 17.2 Å². The summed E-state index contributed by atoms with van der Waals surface area (Å²) in [6.45, 7) is 8.46. The molecule has 10 heteroatoms. The van der Waals surface area contributed by atoms with Crippen LogP contribution in [0.4, 0.5) is 0 Å². The van der Waals surface area contributed by atoms with E-state index in [1.807, 2.05) is 0 Å². The van der Waals surface area contributed by atoms with Crippen LogP contribution in [-0.2, 0) is 23.8 Å². The van der Waals surface area contributed by atoms with Gasteiger partial charge in [-0.2, -0.15) is 0 Å². The first kappa shape index (κ1) is 27.3. The molecule has 38 heavy (non-hydrogen) atoms. The van der Waals surface area contributed by atoms with Crippen molar-refractivity contribution in [2.24, 2.45) is 11.3 Å². The lowest BCUT2D eigenvalue weighted by Gasteiger charge is -2.37. The van der Waals surface area contributed by atoms with E-state index in [1.54, 1.807) is 40.7 Å². The number of esters is 2. The first-order chi connectivity index (χ1) is 17.8. The predicted molar refractivity (Wildman–Crippen MR) is 137 cm³/mol. The number of benzene rings is 2. The normalized spacial score (nSPS) is 20.1. The zero-order valence-corrected chi connectivity index (χ0v) is 21.9. The van der Waals surface area contributed by atoms with Crippen LogP contribution in [0.2, 0.25) is 0 Å². The summed E-state index contributed by atoms with van der Waals surface area (Å²) in [5, 5.41) is 30.6. The maximum Gasteiger partial charge on any atom is 0.311 e. The molecule has 0 spiro atoms. The van der Waals surface area contributed by atoms with Crippen LogP contribution >= 0.6 is 0 Å². The molecule has 4 rings (SSSR count). The Hall–Kier alpha value is -3.79. The number of hydrogen-bond acceptors (Lipinski definition) is 10. The van der Waals surface area contributed by atoms with Gasteiger partial charge in [0.1, 0.15) is 41.1 Å². The minimum Gasteiger partial charge on any atom is -0.507 e. The summed E-state index contributed by atoms with van der Waals surface area (Å²) >= 11 is 0. The quantitative estimate of drug-likeness (QED) is 0.246. The largest absolute Gasteiger partial charge is 0.507 e. The van der Waals surface area contributed by atoms with Crippen LogP contribution in [-0.4, -0.2) is 46.1 Å². The highest BCUT2D eigenvalue weighted by atomic mass is 16.6. The maximum absolute atomic E-state index is 13.2. The minimum absolute atomic E-state index is 0.0163. The van der Waals surface area contributed by atoms with Gasteiger partial charge in [0.05, 0.1) is 22.8 Å². The average molecular weight is 529 g/mol. The molecule has 1 fully saturated rings. The molecule has 0 radical (unpaired) electrons. The molecule has 0 aliphatic carbocycles. The van der Waals surface area contributed by atoms with Gasteiger partial charge in [0, 0.05) is 11.6 Å². The molecule has 3 atom stereocenters. The molecule has 0 amide bonds. The maximum atomic E-state index is 13.2. The standard InChI is InChI=1S/C28H32O10/c1-13(2)26(33)35-12-22-19(38-27(34)28(3,4)5)9-8-18(36-22)14-6-7-20-23(24(14)31)25(32)15-10-16(29)17(30)11-21(15)37-20/h6-7,10-11,13,18-19,22,29-31H,8-9,12H2,1-5H3/t18?,19-,22?/m0/s1. The third kappa shape index (κ3) is 5.26. The Kier molecular flexibility index (Phi) is 7.29. The Labute approximate surface area is 218 Å². The Morgan fingerprint density at radius 3 is 2.39 bits per heavy atom. The molecular formula is C28H32O10. The molecule has 2 aromatic carbocycles. The van der Waals surface area contributed by atoms with Crippen LogP contribution in [0.25, 0.3) is 21.9 Å². The molecular weight excluding hydrogens is 496 g/mol. The molecule has 2 unspecified atom stereocenters. The summed E-state index contributed by atoms with van der Waals surface area (Å²) in [4.78, 5) is 37.9. The van der Waals surface area contributed by atoms with Gasteiger partial charge in [-0.15, -0.1) is 0 Å². The van der Waals surface area contributed by atoms with Crippen molar-refractivity contribution >= 4 is 33.9 Å². The van der Waals surface area contributed by atoms with Gasteiger partial charge in [0.2, 0.25) is 5.43 Å². The van der Waals surface area contributed by atoms with E-state index in [4.69, 9.17) is 18.6 Å². The van der Waals surface area contributed by atoms with E-state index >= 15 is 0 Å². The molecule has 0 saturated carbocycles. The molecule has 1 saturated heterocycles. The van der Waals surface area contributed by atoms with Crippen LogP contribution in [0.3, 0.4) is 0 Å². The lowest BCUT2D eigenvalue weighted by molar-refractivity contribution is -0.190. The van der Waals surface area contributed by atoms with Crippen molar-refractivity contribution in [2.75, 3.05) is 6.61 Å². The van der Waals surface area contributed by atoms with Gasteiger partial charge in [0.15, 0.2) is 11.5 Å². The molecule has 1 aliphatic rings. The van der Waals surface area contributed by atoms with Gasteiger partial charge in [-0.25, -0.2) is 0 Å². The Morgan fingerprint density at radius 2 is 1.74 bits per heavy atom. The van der Waals surface area contributed by atoms with Gasteiger partial charge < -0.3 is 33.9 Å². The molecule has 1 aromatic heterocycles. The van der Waals surface area contributed by atoms with E-state index in [1.165, 1.54) is 6.07 Å². The van der Waals surface area contributed by atoms with E-state index < -0.39 is 52.6 Å². The number of carbonyl (C=O) groups excluding carboxylic acids is 2. The Morgan fingerprint density at radius 1 is 1.05 bits per heavy atom. The topological polar surface area (TPSA) is 153 Å². The van der Waals surface area contributed by atoms with Gasteiger partial charge in [0.25, 0.3) is 0 Å². The van der Waals surface area contributed by atoms with Gasteiger partial charge in [-0.05, 0) is 51.8 Å². The van der Waals surface area contributed by atoms with Crippen LogP contribution in [0.1, 0.15) is 59.1 Å². The number of phenols is 3. The number of carbonyl (C=O) groups is 2. The summed E-state index contributed by atoms with van der Waals surface area (Å²) < 4.78 is 23.0. The number of ether oxygens (including phenoxy) is 3. The summed E-state index contributed by atoms with van der Waals surface area (Å²) in [7, 11) is 0. The highest BCUT2D eigenvalue weighted by Gasteiger charge is 2.38. The van der Waals surface area contributed by atoms with Gasteiger partial charge in [-0.3, -0.25) is 14.4 Å². The number of rotatable bonds is 5. The predicted octanol–water partition coefficient (Wildman–Crippen LogP) is 4.44. The van der Waals surface area contributed by atoms with Crippen molar-refractivity contribution in [2.45, 2.75) is 65.8 Å². The molecule has 10 nitrogen and oxygen atoms in total. The molecule has 3 N–H and O–H groups in total. The molecule has 204 valence electrons. The van der Waals surface area contributed by atoms with E-state index in [-0.39, 0.29) is 40.2 Å². The number of hydrogen-bond donors (Lipinski definition) is 3. The van der Waals surface area contributed by atoms with Crippen molar-refractivity contribution in [3.63, 3.8) is 0 Å². The molecule has 0 bridgehead atoms. The lowest BCUT2D eigenvalue weighted by atomic mass is 9.93. The Balaban J connectivity index is 1.68. The monoisotopic (exact) mass is 528 g/mol. The second-order valence-electron chi connectivity index (χ2n) is 10.9. The van der Waals surface area contributed by atoms with E-state index in [9.17, 15) is 29.7 Å². The Bertz CT molecular complexity index is 1450. The molecule has 3 aromatic rings. The van der Waals surface area contributed by atoms with Crippen molar-refractivity contribution in [3.05, 3.63) is 40.1 Å². The van der Waals surface area contributed by atoms with Crippen molar-refractivity contribution < 1.29 is 43.5 Å². The summed E-state index contributed by atoms with van der Waals surface area (Å²) in [5.41, 5.74) is -0.883. The van der Waals surface area contributed by atoms with Crippen LogP contribution in [0.15, 0.2) is 33.5 Å². The molecule has 1 aliphatic heterocycles. The molecule has 2 heterocycles. The van der Waals surface area contributed by atoms with Crippen molar-refractivity contribution in [3.8, 4) is 17.2 Å². The fourth-order valence-corrected chi connectivity index (χ4v) is 4.25. The fourth-order valence-electron chi connectivity index (χ4n) is 4.25. The average Bonchev–Trinajstić information content (AvgIpc) is 2.84. The first-order valence-electron chi connectivity index (χ1n) is 12.5. The highest BCUT2D eigenvalue weighted by molar-refractivity contribution is 5.95. The van der Waals surface area contributed by atoms with Crippen molar-refractivity contribution in [1.29, 1.82) is 0 Å². The van der Waals surface area contributed by atoms with E-state index in [0.717, 1.165) is 12.1 Å². The highest BCUT2D eigenvalue weighted by Crippen LogP contribution is 2.41. The van der Waals surface area contributed by atoms with Gasteiger partial charge >= 0.3 is 11.9 Å². The smallest absolute Gasteiger partial charge is 0.311 e. The van der Waals surface area contributed by atoms with Crippen LogP contribution in [0, 0.1) is 11.3 Å². The van der Waals surface area contributed by atoms with Crippen molar-refractivity contribution in [1.82, 2.24) is 0 Å². The second-order valence-corrected chi connectivity index (χ2v) is 10.9. The van der Waals surface area contributed by atoms with Crippen LogP contribution < -0.4 is 5.43 Å². The third-order valence-corrected chi connectivity index (χ3v) is 6.49. The summed E-state index contributed by atoms with van der Waals surface area (Å²) in [5.74, 6) is -2.49. The summed E-state index contributed by atoms with van der Waals surface area (Å²) in [6, 6.07) is 5.28. The number of phenolic OH excluding ortho intramolecular Hbond substituents is 3. The first-order valence-corrected chi connectivity index (χ1v) is 12.5. The summed E-state index contributed by atoms with van der Waals surface area (Å²) in [6.07, 6.45) is -1.46. The minimum atomic E-state index is -0.800. The zero-order valence-electron chi connectivity index (χ0n) is 21.9. The lowest BCUT2D eigenvalue weighted by Crippen LogP contribution is -2.44.